The van der Waals surface area contributed by atoms with Crippen LogP contribution >= 0.6 is 0 Å². The average molecular weight is 173 g/mol. The van der Waals surface area contributed by atoms with Crippen LogP contribution in [-0.2, 0) is 0 Å². The van der Waals surface area contributed by atoms with Crippen molar-refractivity contribution in [3.63, 3.8) is 0 Å². The molecule has 1 aromatic carbocycles. The molecule has 0 spiro atoms. The Morgan fingerprint density at radius 1 is 1.31 bits per heavy atom. The van der Waals surface area contributed by atoms with Crippen LogP contribution < -0.4 is 0 Å². The molecule has 1 aromatic rings. The number of hydrogen-bond donors (Lipinski definition) is 1. The van der Waals surface area contributed by atoms with Crippen LogP contribution in [-0.4, -0.2) is 11.7 Å². The molecule has 0 bridgehead atoms. The molecule has 0 saturated heterocycles. The van der Waals surface area contributed by atoms with E-state index in [1.165, 1.54) is 0 Å². The van der Waals surface area contributed by atoms with Crippen LogP contribution in [0.15, 0.2) is 30.3 Å². The Bertz CT molecular complexity index is 319. The lowest BCUT2D eigenvalue weighted by atomic mass is 10.1. The average Bonchev–Trinajstić information content (AvgIpc) is 2.19. The first-order chi connectivity index (χ1) is 6.36. The van der Waals surface area contributed by atoms with E-state index in [4.69, 9.17) is 10.4 Å². The maximum absolute atomic E-state index is 8.54. The summed E-state index contributed by atoms with van der Waals surface area (Å²) in [6.45, 7) is 0.173. The third kappa shape index (κ3) is 3.10. The molecule has 66 valence electrons. The van der Waals surface area contributed by atoms with Crippen molar-refractivity contribution in [3.05, 3.63) is 41.5 Å². The van der Waals surface area contributed by atoms with E-state index in [-0.39, 0.29) is 6.61 Å². The van der Waals surface area contributed by atoms with E-state index in [9.17, 15) is 0 Å². The molecule has 1 N–H and O–H groups in total. The monoisotopic (exact) mass is 173 g/mol. The quantitative estimate of drug-likeness (QED) is 0.759. The van der Waals surface area contributed by atoms with E-state index in [0.717, 1.165) is 5.56 Å². The Kier molecular flexibility index (Phi) is 3.74. The number of nitriles is 1. The van der Waals surface area contributed by atoms with Gasteiger partial charge in [-0.3, -0.25) is 0 Å². The van der Waals surface area contributed by atoms with Gasteiger partial charge in [-0.15, -0.1) is 0 Å². The van der Waals surface area contributed by atoms with Gasteiger partial charge in [0.05, 0.1) is 11.6 Å². The van der Waals surface area contributed by atoms with Crippen LogP contribution in [0.25, 0.3) is 6.08 Å². The Morgan fingerprint density at radius 3 is 2.54 bits per heavy atom. The molecule has 0 aromatic heterocycles. The van der Waals surface area contributed by atoms with Crippen LogP contribution in [0.3, 0.4) is 0 Å². The maximum atomic E-state index is 8.54. The largest absolute Gasteiger partial charge is 0.396 e. The van der Waals surface area contributed by atoms with Crippen molar-refractivity contribution in [1.29, 1.82) is 5.26 Å². The Morgan fingerprint density at radius 2 is 2.00 bits per heavy atom. The normalized spacial score (nSPS) is 10.2. The maximum Gasteiger partial charge on any atom is 0.0991 e. The summed E-state index contributed by atoms with van der Waals surface area (Å²) in [5.74, 6) is 0. The number of benzene rings is 1. The molecule has 0 unspecified atom stereocenters. The number of aliphatic hydroxyl groups excluding tert-OH is 1. The lowest BCUT2D eigenvalue weighted by Gasteiger charge is -1.92. The molecule has 0 aliphatic heterocycles. The van der Waals surface area contributed by atoms with Gasteiger partial charge in [0.15, 0.2) is 0 Å². The standard InChI is InChI=1S/C11H11NO/c12-9-11-6-4-10(5-7-11)3-1-2-8-13/h1,3-7,13H,2,8H2. The molecule has 0 amide bonds. The molecular formula is C11H11NO. The van der Waals surface area contributed by atoms with Crippen molar-refractivity contribution < 1.29 is 5.11 Å². The zero-order valence-electron chi connectivity index (χ0n) is 7.27. The van der Waals surface area contributed by atoms with Crippen molar-refractivity contribution in [2.75, 3.05) is 6.61 Å². The van der Waals surface area contributed by atoms with Gasteiger partial charge in [0.25, 0.3) is 0 Å². The van der Waals surface area contributed by atoms with Gasteiger partial charge in [0.2, 0.25) is 0 Å². The van der Waals surface area contributed by atoms with E-state index in [1.54, 1.807) is 12.1 Å². The molecule has 0 radical (unpaired) electrons. The first-order valence-corrected chi connectivity index (χ1v) is 4.14. The first kappa shape index (κ1) is 9.50. The van der Waals surface area contributed by atoms with Gasteiger partial charge >= 0.3 is 0 Å². The highest BCUT2D eigenvalue weighted by Gasteiger charge is 1.88. The van der Waals surface area contributed by atoms with Crippen molar-refractivity contribution in [1.82, 2.24) is 0 Å². The molecule has 0 aliphatic rings. The molecular weight excluding hydrogens is 162 g/mol. The highest BCUT2D eigenvalue weighted by molar-refractivity contribution is 5.50. The van der Waals surface area contributed by atoms with E-state index in [0.29, 0.717) is 12.0 Å². The van der Waals surface area contributed by atoms with Crippen molar-refractivity contribution >= 4 is 6.08 Å². The molecule has 0 aliphatic carbocycles. The summed E-state index contributed by atoms with van der Waals surface area (Å²) < 4.78 is 0. The predicted molar refractivity (Wildman–Crippen MR) is 51.9 cm³/mol. The Hall–Kier alpha value is -1.59. The zero-order chi connectivity index (χ0) is 9.52. The van der Waals surface area contributed by atoms with E-state index < -0.39 is 0 Å². The lowest BCUT2D eigenvalue weighted by Crippen LogP contribution is -1.77. The van der Waals surface area contributed by atoms with Gasteiger partial charge in [0, 0.05) is 6.61 Å². The van der Waals surface area contributed by atoms with Gasteiger partial charge in [0.1, 0.15) is 0 Å². The van der Waals surface area contributed by atoms with E-state index in [1.807, 2.05) is 24.3 Å². The lowest BCUT2D eigenvalue weighted by molar-refractivity contribution is 0.303. The molecule has 0 atom stereocenters. The summed E-state index contributed by atoms with van der Waals surface area (Å²) in [4.78, 5) is 0. The van der Waals surface area contributed by atoms with Crippen LogP contribution in [0.2, 0.25) is 0 Å². The third-order valence-electron chi connectivity index (χ3n) is 1.65. The summed E-state index contributed by atoms with van der Waals surface area (Å²) in [6, 6.07) is 9.37. The minimum absolute atomic E-state index is 0.173. The fourth-order valence-electron chi connectivity index (χ4n) is 0.963. The second-order valence-electron chi connectivity index (χ2n) is 2.65. The summed E-state index contributed by atoms with van der Waals surface area (Å²) in [5.41, 5.74) is 1.71. The molecule has 1 rings (SSSR count). The minimum Gasteiger partial charge on any atom is -0.396 e. The topological polar surface area (TPSA) is 44.0 Å². The van der Waals surface area contributed by atoms with Crippen molar-refractivity contribution in [2.45, 2.75) is 6.42 Å². The molecule has 2 heteroatoms. The summed E-state index contributed by atoms with van der Waals surface area (Å²) in [7, 11) is 0. The molecule has 2 nitrogen and oxygen atoms in total. The van der Waals surface area contributed by atoms with E-state index >= 15 is 0 Å². The fraction of sp³-hybridized carbons (Fsp3) is 0.182. The second kappa shape index (κ2) is 5.13. The highest BCUT2D eigenvalue weighted by Crippen LogP contribution is 2.05. The SMILES string of the molecule is N#Cc1ccc(C=CCCO)cc1. The molecule has 0 heterocycles. The van der Waals surface area contributed by atoms with Gasteiger partial charge in [-0.05, 0) is 24.1 Å². The van der Waals surface area contributed by atoms with Crippen LogP contribution in [0.4, 0.5) is 0 Å². The Labute approximate surface area is 77.8 Å². The predicted octanol–water partition coefficient (Wildman–Crippen LogP) is 1.95. The number of nitrogens with zero attached hydrogens (tertiary/aromatic N) is 1. The van der Waals surface area contributed by atoms with Gasteiger partial charge < -0.3 is 5.11 Å². The zero-order valence-corrected chi connectivity index (χ0v) is 7.27. The van der Waals surface area contributed by atoms with E-state index in [2.05, 4.69) is 6.07 Å². The summed E-state index contributed by atoms with van der Waals surface area (Å²) in [5, 5.41) is 17.1. The second-order valence-corrected chi connectivity index (χ2v) is 2.65. The Balaban J connectivity index is 2.65. The minimum atomic E-state index is 0.173. The molecule has 13 heavy (non-hydrogen) atoms. The molecule has 0 saturated carbocycles. The summed E-state index contributed by atoms with van der Waals surface area (Å²) >= 11 is 0. The van der Waals surface area contributed by atoms with Crippen LogP contribution in [0.1, 0.15) is 17.5 Å². The third-order valence-corrected chi connectivity index (χ3v) is 1.65. The van der Waals surface area contributed by atoms with Gasteiger partial charge in [-0.1, -0.05) is 24.3 Å². The fourth-order valence-corrected chi connectivity index (χ4v) is 0.963. The van der Waals surface area contributed by atoms with Gasteiger partial charge in [-0.2, -0.15) is 5.26 Å². The first-order valence-electron chi connectivity index (χ1n) is 4.14. The van der Waals surface area contributed by atoms with Crippen molar-refractivity contribution in [2.24, 2.45) is 0 Å². The van der Waals surface area contributed by atoms with Gasteiger partial charge in [-0.25, -0.2) is 0 Å². The molecule has 0 fully saturated rings. The van der Waals surface area contributed by atoms with Crippen molar-refractivity contribution in [3.8, 4) is 6.07 Å². The van der Waals surface area contributed by atoms with Crippen LogP contribution in [0, 0.1) is 11.3 Å². The highest BCUT2D eigenvalue weighted by atomic mass is 16.2. The number of rotatable bonds is 3. The number of hydrogen-bond acceptors (Lipinski definition) is 2. The van der Waals surface area contributed by atoms with Crippen LogP contribution in [0.5, 0.6) is 0 Å². The number of aliphatic hydroxyl groups is 1. The smallest absolute Gasteiger partial charge is 0.0991 e. The summed E-state index contributed by atoms with van der Waals surface area (Å²) in [6.07, 6.45) is 4.50.